The average Bonchev–Trinajstić information content (AvgIpc) is 2.80. The lowest BCUT2D eigenvalue weighted by Gasteiger charge is -2.14. The molecule has 4 aromatic carbocycles. The van der Waals surface area contributed by atoms with E-state index in [0.29, 0.717) is 28.0 Å². The number of carbonyl (C=O) groups excluding carboxylic acids is 1. The first-order valence-electron chi connectivity index (χ1n) is 10.0. The molecule has 4 rings (SSSR count). The van der Waals surface area contributed by atoms with Gasteiger partial charge >= 0.3 is 12.2 Å². The van der Waals surface area contributed by atoms with E-state index in [9.17, 15) is 28.1 Å². The van der Waals surface area contributed by atoms with Crippen molar-refractivity contribution in [2.24, 2.45) is 0 Å². The Morgan fingerprint density at radius 3 is 2.29 bits per heavy atom. The van der Waals surface area contributed by atoms with Crippen molar-refractivity contribution in [3.8, 4) is 11.5 Å². The summed E-state index contributed by atoms with van der Waals surface area (Å²) in [5, 5.41) is 16.6. The van der Waals surface area contributed by atoms with Gasteiger partial charge in [0.2, 0.25) is 0 Å². The number of nitrogens with zero attached hydrogens (tertiary/aromatic N) is 1. The predicted molar refractivity (Wildman–Crippen MR) is 126 cm³/mol. The second kappa shape index (κ2) is 9.51. The molecule has 0 saturated heterocycles. The van der Waals surface area contributed by atoms with Gasteiger partial charge in [-0.1, -0.05) is 35.9 Å². The van der Waals surface area contributed by atoms with Crippen LogP contribution in [0.1, 0.15) is 5.56 Å². The van der Waals surface area contributed by atoms with Crippen molar-refractivity contribution < 1.29 is 27.6 Å². The first-order chi connectivity index (χ1) is 16.6. The van der Waals surface area contributed by atoms with E-state index in [1.165, 1.54) is 30.3 Å². The molecule has 178 valence electrons. The number of ether oxygens (including phenoxy) is 1. The summed E-state index contributed by atoms with van der Waals surface area (Å²) in [6, 6.07) is 18.1. The number of urea groups is 1. The third-order valence-corrected chi connectivity index (χ3v) is 5.26. The summed E-state index contributed by atoms with van der Waals surface area (Å²) in [6.07, 6.45) is -4.67. The number of carbonyl (C=O) groups is 1. The molecular formula is C24H15ClF3N3O4. The Morgan fingerprint density at radius 2 is 1.60 bits per heavy atom. The van der Waals surface area contributed by atoms with Gasteiger partial charge in [-0.2, -0.15) is 13.2 Å². The summed E-state index contributed by atoms with van der Waals surface area (Å²) >= 11 is 5.62. The van der Waals surface area contributed by atoms with E-state index >= 15 is 0 Å². The van der Waals surface area contributed by atoms with Crippen LogP contribution in [-0.2, 0) is 6.18 Å². The normalized spacial score (nSPS) is 11.2. The molecule has 0 spiro atoms. The molecule has 7 nitrogen and oxygen atoms in total. The maximum atomic E-state index is 13.1. The third kappa shape index (κ3) is 5.44. The molecule has 0 unspecified atom stereocenters. The van der Waals surface area contributed by atoms with Crippen molar-refractivity contribution in [1.82, 2.24) is 0 Å². The first-order valence-corrected chi connectivity index (χ1v) is 10.4. The van der Waals surface area contributed by atoms with Crippen molar-refractivity contribution in [1.29, 1.82) is 0 Å². The molecule has 0 heterocycles. The number of alkyl halides is 3. The van der Waals surface area contributed by atoms with Crippen LogP contribution in [0.2, 0.25) is 5.02 Å². The van der Waals surface area contributed by atoms with Gasteiger partial charge in [0.15, 0.2) is 0 Å². The largest absolute Gasteiger partial charge is 0.457 e. The highest BCUT2D eigenvalue weighted by molar-refractivity contribution is 6.31. The summed E-state index contributed by atoms with van der Waals surface area (Å²) in [6.45, 7) is 0. The Labute approximate surface area is 201 Å². The number of non-ortho nitro benzene ring substituents is 1. The van der Waals surface area contributed by atoms with Gasteiger partial charge in [0.1, 0.15) is 11.5 Å². The molecule has 0 aliphatic heterocycles. The zero-order valence-corrected chi connectivity index (χ0v) is 18.4. The zero-order chi connectivity index (χ0) is 25.2. The van der Waals surface area contributed by atoms with Crippen molar-refractivity contribution in [2.75, 3.05) is 10.6 Å². The van der Waals surface area contributed by atoms with Gasteiger partial charge in [0, 0.05) is 28.6 Å². The topological polar surface area (TPSA) is 93.5 Å². The number of halogens is 4. The number of hydrogen-bond donors (Lipinski definition) is 2. The van der Waals surface area contributed by atoms with Crippen LogP contribution in [0.3, 0.4) is 0 Å². The van der Waals surface area contributed by atoms with Crippen LogP contribution in [0.5, 0.6) is 11.5 Å². The quantitative estimate of drug-likeness (QED) is 0.215. The number of nitrogens with one attached hydrogen (secondary N) is 2. The summed E-state index contributed by atoms with van der Waals surface area (Å²) in [7, 11) is 0. The van der Waals surface area contributed by atoms with Crippen LogP contribution in [0.15, 0.2) is 78.9 Å². The molecule has 0 saturated carbocycles. The highest BCUT2D eigenvalue weighted by Crippen LogP contribution is 2.37. The van der Waals surface area contributed by atoms with Crippen LogP contribution >= 0.6 is 11.6 Å². The number of rotatable bonds is 5. The van der Waals surface area contributed by atoms with Crippen molar-refractivity contribution in [3.63, 3.8) is 0 Å². The van der Waals surface area contributed by atoms with Gasteiger partial charge in [-0.15, -0.1) is 0 Å². The van der Waals surface area contributed by atoms with Crippen molar-refractivity contribution >= 4 is 45.5 Å². The average molecular weight is 502 g/mol. The second-order valence-corrected chi connectivity index (χ2v) is 7.69. The maximum Gasteiger partial charge on any atom is 0.417 e. The fourth-order valence-corrected chi connectivity index (χ4v) is 3.57. The molecule has 0 bridgehead atoms. The van der Waals surface area contributed by atoms with E-state index in [-0.39, 0.29) is 11.4 Å². The van der Waals surface area contributed by atoms with Gasteiger partial charge in [0.25, 0.3) is 5.69 Å². The molecule has 2 amide bonds. The highest BCUT2D eigenvalue weighted by atomic mass is 35.5. The number of nitro benzene ring substituents is 1. The van der Waals surface area contributed by atoms with Gasteiger partial charge in [-0.3, -0.25) is 10.1 Å². The van der Waals surface area contributed by atoms with Crippen LogP contribution in [0.25, 0.3) is 10.8 Å². The Kier molecular flexibility index (Phi) is 6.48. The van der Waals surface area contributed by atoms with E-state index in [0.717, 1.165) is 12.1 Å². The minimum atomic E-state index is -4.67. The number of amides is 2. The van der Waals surface area contributed by atoms with Gasteiger partial charge in [0.05, 0.1) is 21.2 Å². The van der Waals surface area contributed by atoms with Gasteiger partial charge < -0.3 is 15.4 Å². The zero-order valence-electron chi connectivity index (χ0n) is 17.6. The summed E-state index contributed by atoms with van der Waals surface area (Å²) < 4.78 is 45.1. The highest BCUT2D eigenvalue weighted by Gasteiger charge is 2.33. The Morgan fingerprint density at radius 1 is 0.914 bits per heavy atom. The lowest BCUT2D eigenvalue weighted by Crippen LogP contribution is -2.20. The monoisotopic (exact) mass is 501 g/mol. The lowest BCUT2D eigenvalue weighted by atomic mass is 10.1. The number of benzene rings is 4. The first kappa shape index (κ1) is 23.8. The summed E-state index contributed by atoms with van der Waals surface area (Å²) in [5.41, 5.74) is -0.827. The van der Waals surface area contributed by atoms with E-state index in [1.54, 1.807) is 36.4 Å². The minimum Gasteiger partial charge on any atom is -0.457 e. The molecule has 0 aliphatic rings. The van der Waals surface area contributed by atoms with E-state index < -0.39 is 27.7 Å². The maximum absolute atomic E-state index is 13.1. The molecule has 2 N–H and O–H groups in total. The third-order valence-electron chi connectivity index (χ3n) is 4.94. The molecule has 11 heteroatoms. The minimum absolute atomic E-state index is 0.0733. The number of anilines is 2. The Hall–Kier alpha value is -4.31. The van der Waals surface area contributed by atoms with E-state index in [4.69, 9.17) is 16.3 Å². The van der Waals surface area contributed by atoms with Gasteiger partial charge in [-0.25, -0.2) is 4.79 Å². The van der Waals surface area contributed by atoms with E-state index in [2.05, 4.69) is 10.6 Å². The lowest BCUT2D eigenvalue weighted by molar-refractivity contribution is -0.384. The molecule has 4 aromatic rings. The van der Waals surface area contributed by atoms with Crippen LogP contribution in [-0.4, -0.2) is 11.0 Å². The van der Waals surface area contributed by atoms with Crippen LogP contribution < -0.4 is 15.4 Å². The number of hydrogen-bond acceptors (Lipinski definition) is 4. The molecule has 35 heavy (non-hydrogen) atoms. The molecular weight excluding hydrogens is 487 g/mol. The Balaban J connectivity index is 1.56. The summed E-state index contributed by atoms with van der Waals surface area (Å²) in [5.74, 6) is 0.815. The molecule has 0 atom stereocenters. The smallest absolute Gasteiger partial charge is 0.417 e. The number of fused-ring (bicyclic) bond motifs is 1. The van der Waals surface area contributed by atoms with Gasteiger partial charge in [-0.05, 0) is 42.5 Å². The summed E-state index contributed by atoms with van der Waals surface area (Å²) in [4.78, 5) is 22.8. The molecule has 0 aliphatic carbocycles. The fraction of sp³-hybridized carbons (Fsp3) is 0.0417. The van der Waals surface area contributed by atoms with Crippen molar-refractivity contribution in [3.05, 3.63) is 99.6 Å². The second-order valence-electron chi connectivity index (χ2n) is 7.28. The molecule has 0 aromatic heterocycles. The predicted octanol–water partition coefficient (Wildman–Crippen LogP) is 7.86. The molecule has 0 fully saturated rings. The standard InChI is InChI=1S/C24H15ClF3N3O4/c25-20-12-7-14(13-19(20)24(26,27)28)29-23(32)30-21-5-1-4-18-17(21)3-2-6-22(18)35-16-10-8-15(9-11-16)31(33)34/h1-13H,(H2,29,30,32). The van der Waals surface area contributed by atoms with E-state index in [1.807, 2.05) is 0 Å². The van der Waals surface area contributed by atoms with Crippen LogP contribution in [0.4, 0.5) is 35.0 Å². The fourth-order valence-electron chi connectivity index (χ4n) is 3.35. The van der Waals surface area contributed by atoms with Crippen LogP contribution in [0, 0.1) is 10.1 Å². The SMILES string of the molecule is O=C(Nc1ccc(Cl)c(C(F)(F)F)c1)Nc1cccc2c(Oc3ccc([N+](=O)[O-])cc3)cccc12. The van der Waals surface area contributed by atoms with Crippen molar-refractivity contribution in [2.45, 2.75) is 6.18 Å². The molecule has 0 radical (unpaired) electrons. The number of nitro groups is 1. The Bertz CT molecular complexity index is 1430.